The fraction of sp³-hybridized carbons (Fsp3) is 0.524. The van der Waals surface area contributed by atoms with E-state index in [1.807, 2.05) is 0 Å². The minimum Gasteiger partial charge on any atom is -0.495 e. The van der Waals surface area contributed by atoms with E-state index in [1.165, 1.54) is 14.0 Å². The first-order chi connectivity index (χ1) is 14.4. The van der Waals surface area contributed by atoms with Crippen LogP contribution >= 0.6 is 0 Å². The number of hydrogen-bond donors (Lipinski definition) is 2. The maximum absolute atomic E-state index is 12.4. The van der Waals surface area contributed by atoms with Crippen molar-refractivity contribution in [1.82, 2.24) is 4.90 Å². The van der Waals surface area contributed by atoms with Gasteiger partial charge in [-0.05, 0) is 31.0 Å². The summed E-state index contributed by atoms with van der Waals surface area (Å²) in [6, 6.07) is 5.02. The SMILES string of the molecule is COc1ccc(NC(C)=O)cc1NC(=O)COC(=O)[C@@H]1CC(=O)N(C2CCCC2)C1. The molecule has 2 N–H and O–H groups in total. The zero-order valence-electron chi connectivity index (χ0n) is 17.2. The molecule has 9 heteroatoms. The van der Waals surface area contributed by atoms with Crippen molar-refractivity contribution >= 4 is 35.1 Å². The van der Waals surface area contributed by atoms with Crippen LogP contribution < -0.4 is 15.4 Å². The lowest BCUT2D eigenvalue weighted by Gasteiger charge is -2.23. The molecule has 1 atom stereocenters. The van der Waals surface area contributed by atoms with Gasteiger partial charge in [-0.3, -0.25) is 19.2 Å². The van der Waals surface area contributed by atoms with E-state index in [4.69, 9.17) is 9.47 Å². The standard InChI is InChI=1S/C21H27N3O6/c1-13(25)22-15-7-8-18(29-2)17(10-15)23-19(26)12-30-21(28)14-9-20(27)24(11-14)16-5-3-4-6-16/h7-8,10,14,16H,3-6,9,11-12H2,1-2H3,(H,22,25)(H,23,26)/t14-/m1/s1. The van der Waals surface area contributed by atoms with E-state index in [2.05, 4.69) is 10.6 Å². The van der Waals surface area contributed by atoms with Crippen molar-refractivity contribution in [1.29, 1.82) is 0 Å². The molecule has 1 aromatic carbocycles. The first-order valence-electron chi connectivity index (χ1n) is 10.1. The molecule has 30 heavy (non-hydrogen) atoms. The summed E-state index contributed by atoms with van der Waals surface area (Å²) >= 11 is 0. The van der Waals surface area contributed by atoms with Gasteiger partial charge in [0, 0.05) is 31.6 Å². The second-order valence-electron chi connectivity index (χ2n) is 7.64. The summed E-state index contributed by atoms with van der Waals surface area (Å²) in [5, 5.41) is 5.23. The molecule has 3 rings (SSSR count). The van der Waals surface area contributed by atoms with Crippen LogP contribution in [0.5, 0.6) is 5.75 Å². The zero-order valence-corrected chi connectivity index (χ0v) is 17.2. The van der Waals surface area contributed by atoms with Crippen molar-refractivity contribution in [3.05, 3.63) is 18.2 Å². The number of carbonyl (C=O) groups excluding carboxylic acids is 4. The lowest BCUT2D eigenvalue weighted by molar-refractivity contribution is -0.151. The number of nitrogens with one attached hydrogen (secondary N) is 2. The third-order valence-electron chi connectivity index (χ3n) is 5.40. The average molecular weight is 417 g/mol. The summed E-state index contributed by atoms with van der Waals surface area (Å²) in [6.45, 7) is 1.26. The number of methoxy groups -OCH3 is 1. The molecule has 1 saturated heterocycles. The van der Waals surface area contributed by atoms with Crippen molar-refractivity contribution in [2.45, 2.75) is 45.1 Å². The third kappa shape index (κ3) is 5.28. The number of hydrogen-bond acceptors (Lipinski definition) is 6. The summed E-state index contributed by atoms with van der Waals surface area (Å²) in [7, 11) is 1.45. The molecule has 1 aromatic rings. The highest BCUT2D eigenvalue weighted by Gasteiger charge is 2.39. The van der Waals surface area contributed by atoms with Gasteiger partial charge in [-0.25, -0.2) is 0 Å². The van der Waals surface area contributed by atoms with Gasteiger partial charge in [0.25, 0.3) is 5.91 Å². The molecule has 0 unspecified atom stereocenters. The number of carbonyl (C=O) groups is 4. The molecular formula is C21H27N3O6. The van der Waals surface area contributed by atoms with Crippen LogP contribution in [0.25, 0.3) is 0 Å². The number of nitrogens with zero attached hydrogens (tertiary/aromatic N) is 1. The minimum atomic E-state index is -0.544. The van der Waals surface area contributed by atoms with Gasteiger partial charge in [0.05, 0.1) is 18.7 Å². The highest BCUT2D eigenvalue weighted by molar-refractivity contribution is 5.96. The Kier molecular flexibility index (Phi) is 6.91. The van der Waals surface area contributed by atoms with Crippen LogP contribution in [0.1, 0.15) is 39.0 Å². The molecule has 162 valence electrons. The van der Waals surface area contributed by atoms with Crippen LogP contribution in [0.2, 0.25) is 0 Å². The molecule has 9 nitrogen and oxygen atoms in total. The summed E-state index contributed by atoms with van der Waals surface area (Å²) in [6.07, 6.45) is 4.31. The van der Waals surface area contributed by atoms with Gasteiger partial charge in [-0.2, -0.15) is 0 Å². The molecule has 2 aliphatic rings. The number of likely N-dealkylation sites (tertiary alicyclic amines) is 1. The molecule has 1 saturated carbocycles. The van der Waals surface area contributed by atoms with Crippen molar-refractivity contribution in [2.75, 3.05) is 30.9 Å². The summed E-state index contributed by atoms with van der Waals surface area (Å²) < 4.78 is 10.4. The van der Waals surface area contributed by atoms with Gasteiger partial charge >= 0.3 is 5.97 Å². The average Bonchev–Trinajstić information content (AvgIpc) is 3.35. The molecule has 0 bridgehead atoms. The van der Waals surface area contributed by atoms with Crippen LogP contribution in [0.15, 0.2) is 18.2 Å². The van der Waals surface area contributed by atoms with Crippen LogP contribution in [0.4, 0.5) is 11.4 Å². The maximum atomic E-state index is 12.4. The molecule has 1 heterocycles. The Bertz CT molecular complexity index is 834. The van der Waals surface area contributed by atoms with E-state index in [9.17, 15) is 19.2 Å². The molecule has 3 amide bonds. The van der Waals surface area contributed by atoms with Gasteiger partial charge in [0.1, 0.15) is 5.75 Å². The van der Waals surface area contributed by atoms with E-state index in [1.54, 1.807) is 23.1 Å². The van der Waals surface area contributed by atoms with Crippen LogP contribution in [0, 0.1) is 5.92 Å². The third-order valence-corrected chi connectivity index (χ3v) is 5.40. The van der Waals surface area contributed by atoms with E-state index in [0.717, 1.165) is 25.7 Å². The largest absolute Gasteiger partial charge is 0.495 e. The first-order valence-corrected chi connectivity index (χ1v) is 10.1. The van der Waals surface area contributed by atoms with E-state index < -0.39 is 24.4 Å². The van der Waals surface area contributed by atoms with Crippen molar-refractivity contribution < 1.29 is 28.7 Å². The molecular weight excluding hydrogens is 390 g/mol. The Labute approximate surface area is 175 Å². The lowest BCUT2D eigenvalue weighted by atomic mass is 10.1. The Morgan fingerprint density at radius 2 is 1.90 bits per heavy atom. The Balaban J connectivity index is 1.52. The quantitative estimate of drug-likeness (QED) is 0.655. The number of anilines is 2. The lowest BCUT2D eigenvalue weighted by Crippen LogP contribution is -2.35. The topological polar surface area (TPSA) is 114 Å². The first kappa shape index (κ1) is 21.6. The monoisotopic (exact) mass is 417 g/mol. The molecule has 1 aliphatic carbocycles. The van der Waals surface area contributed by atoms with Gasteiger partial charge in [0.2, 0.25) is 11.8 Å². The second-order valence-corrected chi connectivity index (χ2v) is 7.64. The number of amides is 3. The van der Waals surface area contributed by atoms with E-state index >= 15 is 0 Å². The Morgan fingerprint density at radius 3 is 2.57 bits per heavy atom. The van der Waals surface area contributed by atoms with Crippen LogP contribution in [-0.4, -0.2) is 54.9 Å². The number of rotatable bonds is 7. The normalized spacial score (nSPS) is 18.9. The number of benzene rings is 1. The van der Waals surface area contributed by atoms with Gasteiger partial charge in [-0.1, -0.05) is 12.8 Å². The highest BCUT2D eigenvalue weighted by atomic mass is 16.5. The molecule has 1 aliphatic heterocycles. The van der Waals surface area contributed by atoms with Crippen molar-refractivity contribution in [2.24, 2.45) is 5.92 Å². The molecule has 0 aromatic heterocycles. The molecule has 2 fully saturated rings. The number of ether oxygens (including phenoxy) is 2. The number of esters is 1. The molecule has 0 spiro atoms. The van der Waals surface area contributed by atoms with Gasteiger partial charge in [-0.15, -0.1) is 0 Å². The van der Waals surface area contributed by atoms with Crippen molar-refractivity contribution in [3.8, 4) is 5.75 Å². The predicted octanol–water partition coefficient (Wildman–Crippen LogP) is 1.93. The molecule has 0 radical (unpaired) electrons. The smallest absolute Gasteiger partial charge is 0.311 e. The summed E-state index contributed by atoms with van der Waals surface area (Å²) in [5.74, 6) is -1.49. The highest BCUT2D eigenvalue weighted by Crippen LogP contribution is 2.30. The van der Waals surface area contributed by atoms with Gasteiger partial charge < -0.3 is 25.0 Å². The van der Waals surface area contributed by atoms with Crippen molar-refractivity contribution in [3.63, 3.8) is 0 Å². The predicted molar refractivity (Wildman–Crippen MR) is 109 cm³/mol. The zero-order chi connectivity index (χ0) is 21.7. The second kappa shape index (κ2) is 9.60. The van der Waals surface area contributed by atoms with Gasteiger partial charge in [0.15, 0.2) is 6.61 Å². The fourth-order valence-corrected chi connectivity index (χ4v) is 3.99. The minimum absolute atomic E-state index is 0.0205. The van der Waals surface area contributed by atoms with E-state index in [-0.39, 0.29) is 24.3 Å². The fourth-order valence-electron chi connectivity index (χ4n) is 3.99. The summed E-state index contributed by atoms with van der Waals surface area (Å²) in [5.41, 5.74) is 0.834. The maximum Gasteiger partial charge on any atom is 0.311 e. The Morgan fingerprint density at radius 1 is 1.17 bits per heavy atom. The van der Waals surface area contributed by atoms with Crippen LogP contribution in [0.3, 0.4) is 0 Å². The van der Waals surface area contributed by atoms with E-state index in [0.29, 0.717) is 23.7 Å². The van der Waals surface area contributed by atoms with Crippen LogP contribution in [-0.2, 0) is 23.9 Å². The Hall–Kier alpha value is -3.10. The summed E-state index contributed by atoms with van der Waals surface area (Å²) in [4.78, 5) is 49.9.